The highest BCUT2D eigenvalue weighted by Gasteiger charge is 2.20. The van der Waals surface area contributed by atoms with Gasteiger partial charge in [0.05, 0.1) is 12.2 Å². The van der Waals surface area contributed by atoms with Crippen molar-refractivity contribution in [3.05, 3.63) is 53.3 Å². The highest BCUT2D eigenvalue weighted by molar-refractivity contribution is 5.93. The summed E-state index contributed by atoms with van der Waals surface area (Å²) in [5.74, 6) is 0.0612. The van der Waals surface area contributed by atoms with Crippen molar-refractivity contribution in [3.63, 3.8) is 0 Å². The number of rotatable bonds is 6. The number of para-hydroxylation sites is 1. The molecule has 0 radical (unpaired) electrons. The lowest BCUT2D eigenvalue weighted by Crippen LogP contribution is -2.48. The van der Waals surface area contributed by atoms with Crippen LogP contribution >= 0.6 is 0 Å². The molecule has 0 saturated carbocycles. The van der Waals surface area contributed by atoms with Gasteiger partial charge in [-0.3, -0.25) is 19.3 Å². The smallest absolute Gasteiger partial charge is 0.238 e. The SMILES string of the molecule is CCc1ccccc1NC(=O)CN1CCN(Cc2cnc3c(c2)c(C)nn3C)CC1. The van der Waals surface area contributed by atoms with E-state index in [9.17, 15) is 4.79 Å². The molecule has 0 spiro atoms. The molecule has 1 saturated heterocycles. The molecule has 2 aromatic heterocycles. The number of aromatic nitrogens is 3. The van der Waals surface area contributed by atoms with Crippen molar-refractivity contribution in [1.29, 1.82) is 0 Å². The molecule has 3 heterocycles. The first-order valence-corrected chi connectivity index (χ1v) is 10.6. The molecule has 1 amide bonds. The zero-order valence-electron chi connectivity index (χ0n) is 18.1. The molecule has 1 fully saturated rings. The van der Waals surface area contributed by atoms with E-state index in [1.807, 2.05) is 43.0 Å². The summed E-state index contributed by atoms with van der Waals surface area (Å²) in [4.78, 5) is 21.7. The van der Waals surface area contributed by atoms with E-state index < -0.39 is 0 Å². The third-order valence-corrected chi connectivity index (χ3v) is 5.83. The quantitative estimate of drug-likeness (QED) is 0.682. The van der Waals surface area contributed by atoms with Crippen LogP contribution in [0.2, 0.25) is 0 Å². The second-order valence-electron chi connectivity index (χ2n) is 8.03. The first-order valence-electron chi connectivity index (χ1n) is 10.6. The Hall–Kier alpha value is -2.77. The fourth-order valence-corrected chi connectivity index (χ4v) is 4.14. The van der Waals surface area contributed by atoms with Crippen LogP contribution in [-0.2, 0) is 24.8 Å². The molecule has 30 heavy (non-hydrogen) atoms. The van der Waals surface area contributed by atoms with Crippen molar-refractivity contribution in [2.75, 3.05) is 38.0 Å². The van der Waals surface area contributed by atoms with E-state index in [1.165, 1.54) is 11.1 Å². The van der Waals surface area contributed by atoms with Crippen LogP contribution in [0.1, 0.15) is 23.7 Å². The monoisotopic (exact) mass is 406 g/mol. The molecule has 1 aromatic carbocycles. The lowest BCUT2D eigenvalue weighted by molar-refractivity contribution is -0.117. The van der Waals surface area contributed by atoms with Gasteiger partial charge < -0.3 is 5.32 Å². The zero-order chi connectivity index (χ0) is 21.1. The maximum absolute atomic E-state index is 12.5. The van der Waals surface area contributed by atoms with E-state index >= 15 is 0 Å². The predicted octanol–water partition coefficient (Wildman–Crippen LogP) is 2.60. The number of anilines is 1. The van der Waals surface area contributed by atoms with Gasteiger partial charge in [0.1, 0.15) is 0 Å². The van der Waals surface area contributed by atoms with Crippen molar-refractivity contribution in [2.45, 2.75) is 26.8 Å². The Labute approximate surface area is 177 Å². The average molecular weight is 407 g/mol. The largest absolute Gasteiger partial charge is 0.325 e. The summed E-state index contributed by atoms with van der Waals surface area (Å²) >= 11 is 0. The van der Waals surface area contributed by atoms with Crippen molar-refractivity contribution < 1.29 is 4.79 Å². The minimum Gasteiger partial charge on any atom is -0.325 e. The van der Waals surface area contributed by atoms with Gasteiger partial charge in [0.2, 0.25) is 5.91 Å². The molecule has 7 nitrogen and oxygen atoms in total. The van der Waals surface area contributed by atoms with Gasteiger partial charge in [0.25, 0.3) is 0 Å². The molecular formula is C23H30N6O. The Morgan fingerprint density at radius 1 is 1.13 bits per heavy atom. The molecule has 0 bridgehead atoms. The molecule has 7 heteroatoms. The molecule has 4 rings (SSSR count). The number of benzene rings is 1. The van der Waals surface area contributed by atoms with Crippen molar-refractivity contribution in [3.8, 4) is 0 Å². The number of carbonyl (C=O) groups excluding carboxylic acids is 1. The van der Waals surface area contributed by atoms with Crippen LogP contribution in [0.3, 0.4) is 0 Å². The normalized spacial score (nSPS) is 15.6. The molecule has 158 valence electrons. The van der Waals surface area contributed by atoms with Crippen molar-refractivity contribution >= 4 is 22.6 Å². The van der Waals surface area contributed by atoms with E-state index in [2.05, 4.69) is 44.3 Å². The minimum absolute atomic E-state index is 0.0612. The number of hydrogen-bond acceptors (Lipinski definition) is 5. The molecule has 0 atom stereocenters. The van der Waals surface area contributed by atoms with Crippen molar-refractivity contribution in [1.82, 2.24) is 24.6 Å². The second-order valence-corrected chi connectivity index (χ2v) is 8.03. The van der Waals surface area contributed by atoms with E-state index in [-0.39, 0.29) is 5.91 Å². The van der Waals surface area contributed by atoms with Gasteiger partial charge >= 0.3 is 0 Å². The average Bonchev–Trinajstić information content (AvgIpc) is 3.03. The van der Waals surface area contributed by atoms with Crippen LogP contribution in [0.15, 0.2) is 36.5 Å². The predicted molar refractivity (Wildman–Crippen MR) is 119 cm³/mol. The minimum atomic E-state index is 0.0612. The summed E-state index contributed by atoms with van der Waals surface area (Å²) in [5.41, 5.74) is 5.25. The van der Waals surface area contributed by atoms with E-state index in [0.717, 1.165) is 61.6 Å². The molecular weight excluding hydrogens is 376 g/mol. The van der Waals surface area contributed by atoms with Gasteiger partial charge in [-0.1, -0.05) is 25.1 Å². The van der Waals surface area contributed by atoms with E-state index in [1.54, 1.807) is 0 Å². The third-order valence-electron chi connectivity index (χ3n) is 5.83. The highest BCUT2D eigenvalue weighted by atomic mass is 16.2. The lowest BCUT2D eigenvalue weighted by atomic mass is 10.1. The lowest BCUT2D eigenvalue weighted by Gasteiger charge is -2.34. The molecule has 0 aliphatic carbocycles. The Morgan fingerprint density at radius 3 is 2.63 bits per heavy atom. The van der Waals surface area contributed by atoms with Gasteiger partial charge in [0.15, 0.2) is 5.65 Å². The Bertz CT molecular complexity index is 1040. The Kier molecular flexibility index (Phi) is 6.11. The maximum Gasteiger partial charge on any atom is 0.238 e. The number of amides is 1. The first-order chi connectivity index (χ1) is 14.5. The number of nitrogens with zero attached hydrogens (tertiary/aromatic N) is 5. The summed E-state index contributed by atoms with van der Waals surface area (Å²) in [6, 6.07) is 10.2. The van der Waals surface area contributed by atoms with Gasteiger partial charge in [-0.05, 0) is 36.6 Å². The van der Waals surface area contributed by atoms with Gasteiger partial charge in [-0.25, -0.2) is 4.98 Å². The number of piperazine rings is 1. The van der Waals surface area contributed by atoms with Crippen LogP contribution in [0.4, 0.5) is 5.69 Å². The molecule has 1 N–H and O–H groups in total. The van der Waals surface area contributed by atoms with Gasteiger partial charge in [-0.2, -0.15) is 5.10 Å². The molecule has 1 aliphatic rings. The number of hydrogen-bond donors (Lipinski definition) is 1. The number of pyridine rings is 1. The molecule has 1 aliphatic heterocycles. The molecule has 3 aromatic rings. The first kappa shape index (κ1) is 20.5. The van der Waals surface area contributed by atoms with Crippen LogP contribution in [0, 0.1) is 6.92 Å². The number of aryl methyl sites for hydroxylation is 3. The second kappa shape index (κ2) is 8.93. The fraction of sp³-hybridized carbons (Fsp3) is 0.435. The van der Waals surface area contributed by atoms with Gasteiger partial charge in [0, 0.05) is 57.0 Å². The van der Waals surface area contributed by atoms with Crippen LogP contribution in [0.5, 0.6) is 0 Å². The molecule has 0 unspecified atom stereocenters. The summed E-state index contributed by atoms with van der Waals surface area (Å²) in [5, 5.41) is 8.65. The summed E-state index contributed by atoms with van der Waals surface area (Å²) in [6.07, 6.45) is 2.86. The Balaban J connectivity index is 1.29. The fourth-order valence-electron chi connectivity index (χ4n) is 4.14. The summed E-state index contributed by atoms with van der Waals surface area (Å²) in [7, 11) is 1.93. The van der Waals surface area contributed by atoms with Crippen molar-refractivity contribution in [2.24, 2.45) is 7.05 Å². The standard InChI is InChI=1S/C23H30N6O/c1-4-19-7-5-6-8-21(19)25-22(30)16-29-11-9-28(10-12-29)15-18-13-20-17(2)26-27(3)23(20)24-14-18/h5-8,13-14H,4,9-12,15-16H2,1-3H3,(H,25,30). The Morgan fingerprint density at radius 2 is 1.87 bits per heavy atom. The maximum atomic E-state index is 12.5. The van der Waals surface area contributed by atoms with E-state index in [0.29, 0.717) is 6.54 Å². The highest BCUT2D eigenvalue weighted by Crippen LogP contribution is 2.18. The van der Waals surface area contributed by atoms with Gasteiger partial charge in [-0.15, -0.1) is 0 Å². The number of fused-ring (bicyclic) bond motifs is 1. The zero-order valence-corrected chi connectivity index (χ0v) is 18.1. The van der Waals surface area contributed by atoms with E-state index in [4.69, 9.17) is 0 Å². The summed E-state index contributed by atoms with van der Waals surface area (Å²) < 4.78 is 1.83. The van der Waals surface area contributed by atoms with Crippen LogP contribution in [-0.4, -0.2) is 63.2 Å². The topological polar surface area (TPSA) is 66.3 Å². The summed E-state index contributed by atoms with van der Waals surface area (Å²) in [6.45, 7) is 9.12. The van der Waals surface area contributed by atoms with Crippen LogP contribution < -0.4 is 5.32 Å². The van der Waals surface area contributed by atoms with Crippen LogP contribution in [0.25, 0.3) is 11.0 Å². The number of carbonyl (C=O) groups is 1. The number of nitrogens with one attached hydrogen (secondary N) is 1. The third kappa shape index (κ3) is 4.52.